The molecule has 1 heteroatoms. The van der Waals surface area contributed by atoms with Crippen LogP contribution in [0, 0.1) is 17.8 Å². The maximum atomic E-state index is 9.97. The predicted octanol–water partition coefficient (Wildman–Crippen LogP) is 2.09. The fourth-order valence-corrected chi connectivity index (χ4v) is 1.73. The van der Waals surface area contributed by atoms with Crippen LogP contribution in [-0.2, 0) is 0 Å². The summed E-state index contributed by atoms with van der Waals surface area (Å²) in [4.78, 5) is 0. The highest BCUT2D eigenvalue weighted by Gasteiger charge is 2.27. The smallest absolute Gasteiger partial charge is 0.125 e. The minimum absolute atomic E-state index is 0.610. The van der Waals surface area contributed by atoms with Crippen LogP contribution in [0.25, 0.3) is 0 Å². The van der Waals surface area contributed by atoms with Crippen molar-refractivity contribution in [2.24, 2.45) is 5.92 Å². The van der Waals surface area contributed by atoms with Crippen molar-refractivity contribution in [1.82, 2.24) is 0 Å². The van der Waals surface area contributed by atoms with Crippen LogP contribution in [-0.4, -0.2) is 10.7 Å². The van der Waals surface area contributed by atoms with Gasteiger partial charge < -0.3 is 5.11 Å². The Labute approximate surface area is 74.2 Å². The molecule has 1 N–H and O–H groups in total. The van der Waals surface area contributed by atoms with Crippen LogP contribution < -0.4 is 0 Å². The summed E-state index contributed by atoms with van der Waals surface area (Å²) in [6, 6.07) is 0. The summed E-state index contributed by atoms with van der Waals surface area (Å²) < 4.78 is 0. The minimum Gasteiger partial charge on any atom is -0.378 e. The number of rotatable bonds is 0. The SMILES string of the molecule is OC1(C#CC2CC2)CCCCC1. The Morgan fingerprint density at radius 2 is 1.75 bits per heavy atom. The lowest BCUT2D eigenvalue weighted by Gasteiger charge is -2.26. The Morgan fingerprint density at radius 1 is 1.08 bits per heavy atom. The van der Waals surface area contributed by atoms with Crippen molar-refractivity contribution in [3.8, 4) is 11.8 Å². The first kappa shape index (κ1) is 8.13. The third kappa shape index (κ3) is 2.01. The molecule has 0 atom stereocenters. The molecule has 0 unspecified atom stereocenters. The van der Waals surface area contributed by atoms with E-state index in [2.05, 4.69) is 11.8 Å². The molecule has 12 heavy (non-hydrogen) atoms. The zero-order valence-corrected chi connectivity index (χ0v) is 7.47. The van der Waals surface area contributed by atoms with E-state index in [4.69, 9.17) is 0 Å². The third-order valence-electron chi connectivity index (χ3n) is 2.77. The van der Waals surface area contributed by atoms with Crippen molar-refractivity contribution in [1.29, 1.82) is 0 Å². The van der Waals surface area contributed by atoms with Crippen LogP contribution in [0.5, 0.6) is 0 Å². The number of hydrogen-bond acceptors (Lipinski definition) is 1. The monoisotopic (exact) mass is 164 g/mol. The molecule has 1 nitrogen and oxygen atoms in total. The molecule has 0 radical (unpaired) electrons. The van der Waals surface area contributed by atoms with Gasteiger partial charge in [0.05, 0.1) is 0 Å². The van der Waals surface area contributed by atoms with Gasteiger partial charge >= 0.3 is 0 Å². The first-order valence-corrected chi connectivity index (χ1v) is 5.04. The zero-order valence-electron chi connectivity index (χ0n) is 7.47. The van der Waals surface area contributed by atoms with E-state index in [0.717, 1.165) is 25.7 Å². The fourth-order valence-electron chi connectivity index (χ4n) is 1.73. The van der Waals surface area contributed by atoms with Crippen molar-refractivity contribution in [2.45, 2.75) is 50.5 Å². The second-order valence-electron chi connectivity index (χ2n) is 4.14. The molecule has 2 aliphatic rings. The van der Waals surface area contributed by atoms with Crippen LogP contribution in [0.2, 0.25) is 0 Å². The first-order valence-electron chi connectivity index (χ1n) is 5.04. The van der Waals surface area contributed by atoms with Crippen LogP contribution in [0.1, 0.15) is 44.9 Å². The lowest BCUT2D eigenvalue weighted by molar-refractivity contribution is 0.0609. The van der Waals surface area contributed by atoms with Gasteiger partial charge in [-0.1, -0.05) is 18.3 Å². The van der Waals surface area contributed by atoms with Gasteiger partial charge in [0.1, 0.15) is 5.60 Å². The van der Waals surface area contributed by atoms with Crippen LogP contribution >= 0.6 is 0 Å². The van der Waals surface area contributed by atoms with Gasteiger partial charge in [-0.25, -0.2) is 0 Å². The second-order valence-corrected chi connectivity index (χ2v) is 4.14. The summed E-state index contributed by atoms with van der Waals surface area (Å²) >= 11 is 0. The average molecular weight is 164 g/mol. The van der Waals surface area contributed by atoms with E-state index in [1.807, 2.05) is 0 Å². The molecule has 0 aromatic rings. The highest BCUT2D eigenvalue weighted by molar-refractivity contribution is 5.18. The molecule has 0 heterocycles. The lowest BCUT2D eigenvalue weighted by Crippen LogP contribution is -2.29. The van der Waals surface area contributed by atoms with Gasteiger partial charge in [-0.2, -0.15) is 0 Å². The van der Waals surface area contributed by atoms with Crippen molar-refractivity contribution < 1.29 is 5.11 Å². The molecule has 0 bridgehead atoms. The van der Waals surface area contributed by atoms with Gasteiger partial charge in [0, 0.05) is 5.92 Å². The number of hydrogen-bond donors (Lipinski definition) is 1. The molecule has 2 rings (SSSR count). The van der Waals surface area contributed by atoms with E-state index in [0.29, 0.717) is 5.92 Å². The fraction of sp³-hybridized carbons (Fsp3) is 0.818. The van der Waals surface area contributed by atoms with E-state index in [1.54, 1.807) is 0 Å². The Kier molecular flexibility index (Phi) is 2.11. The Morgan fingerprint density at radius 3 is 2.33 bits per heavy atom. The van der Waals surface area contributed by atoms with Gasteiger partial charge in [-0.3, -0.25) is 0 Å². The summed E-state index contributed by atoms with van der Waals surface area (Å²) in [5, 5.41) is 9.97. The lowest BCUT2D eigenvalue weighted by atomic mass is 9.85. The Bertz CT molecular complexity index is 211. The first-order chi connectivity index (χ1) is 5.79. The van der Waals surface area contributed by atoms with Crippen LogP contribution in [0.4, 0.5) is 0 Å². The average Bonchev–Trinajstić information content (AvgIpc) is 2.85. The van der Waals surface area contributed by atoms with Crippen molar-refractivity contribution >= 4 is 0 Å². The topological polar surface area (TPSA) is 20.2 Å². The largest absolute Gasteiger partial charge is 0.378 e. The highest BCUT2D eigenvalue weighted by Crippen LogP contribution is 2.30. The third-order valence-corrected chi connectivity index (χ3v) is 2.77. The molecule has 66 valence electrons. The quantitative estimate of drug-likeness (QED) is 0.543. The Balaban J connectivity index is 1.94. The van der Waals surface area contributed by atoms with Gasteiger partial charge in [0.2, 0.25) is 0 Å². The predicted molar refractivity (Wildman–Crippen MR) is 48.5 cm³/mol. The normalized spacial score (nSPS) is 27.4. The molecule has 0 aromatic carbocycles. The van der Waals surface area contributed by atoms with Gasteiger partial charge in [0.25, 0.3) is 0 Å². The molecule has 2 saturated carbocycles. The van der Waals surface area contributed by atoms with Crippen LogP contribution in [0.3, 0.4) is 0 Å². The van der Waals surface area contributed by atoms with Crippen molar-refractivity contribution in [3.63, 3.8) is 0 Å². The highest BCUT2D eigenvalue weighted by atomic mass is 16.3. The summed E-state index contributed by atoms with van der Waals surface area (Å²) in [7, 11) is 0. The maximum Gasteiger partial charge on any atom is 0.125 e. The van der Waals surface area contributed by atoms with E-state index in [1.165, 1.54) is 19.3 Å². The van der Waals surface area contributed by atoms with Gasteiger partial charge in [0.15, 0.2) is 0 Å². The molecule has 0 aromatic heterocycles. The minimum atomic E-state index is -0.610. The van der Waals surface area contributed by atoms with Crippen molar-refractivity contribution in [2.75, 3.05) is 0 Å². The second kappa shape index (κ2) is 3.11. The van der Waals surface area contributed by atoms with Gasteiger partial charge in [-0.15, -0.1) is 0 Å². The maximum absolute atomic E-state index is 9.97. The van der Waals surface area contributed by atoms with Crippen molar-refractivity contribution in [3.05, 3.63) is 0 Å². The Hall–Kier alpha value is -0.480. The van der Waals surface area contributed by atoms with Crippen LogP contribution in [0.15, 0.2) is 0 Å². The summed E-state index contributed by atoms with van der Waals surface area (Å²) in [6.07, 6.45) is 7.87. The molecule has 2 fully saturated rings. The van der Waals surface area contributed by atoms with E-state index >= 15 is 0 Å². The molecule has 0 aliphatic heterocycles. The molecule has 0 saturated heterocycles. The van der Waals surface area contributed by atoms with E-state index in [9.17, 15) is 5.11 Å². The molecule has 0 amide bonds. The number of aliphatic hydroxyl groups is 1. The standard InChI is InChI=1S/C11H16O/c12-11(7-2-1-3-8-11)9-6-10-4-5-10/h10,12H,1-5,7-8H2. The summed E-state index contributed by atoms with van der Waals surface area (Å²) in [6.45, 7) is 0. The van der Waals surface area contributed by atoms with E-state index in [-0.39, 0.29) is 0 Å². The zero-order chi connectivity index (χ0) is 8.44. The van der Waals surface area contributed by atoms with E-state index < -0.39 is 5.60 Å². The molecular formula is C11H16O. The molecular weight excluding hydrogens is 148 g/mol. The summed E-state index contributed by atoms with van der Waals surface area (Å²) in [5.41, 5.74) is -0.610. The van der Waals surface area contributed by atoms with Gasteiger partial charge in [-0.05, 0) is 38.5 Å². The molecule has 2 aliphatic carbocycles. The molecule has 0 spiro atoms. The summed E-state index contributed by atoms with van der Waals surface area (Å²) in [5.74, 6) is 6.85.